The van der Waals surface area contributed by atoms with Gasteiger partial charge in [0.15, 0.2) is 0 Å². The second-order valence-electron chi connectivity index (χ2n) is 4.00. The fourth-order valence-electron chi connectivity index (χ4n) is 2.10. The van der Waals surface area contributed by atoms with Crippen LogP contribution < -0.4 is 16.1 Å². The van der Waals surface area contributed by atoms with Gasteiger partial charge in [-0.1, -0.05) is 36.9 Å². The van der Waals surface area contributed by atoms with Crippen LogP contribution in [0.2, 0.25) is 0 Å². The fraction of sp³-hybridized carbons (Fsp3) is 0.0667. The van der Waals surface area contributed by atoms with E-state index < -0.39 is 5.97 Å². The molecule has 0 fully saturated rings. The molecule has 0 saturated carbocycles. The average Bonchev–Trinajstić information content (AvgIpc) is 2.41. The van der Waals surface area contributed by atoms with E-state index >= 15 is 0 Å². The third kappa shape index (κ3) is 2.08. The molecule has 2 N–H and O–H groups in total. The number of fused-ring (bicyclic) bond motifs is 1. The first-order valence-electron chi connectivity index (χ1n) is 5.77. The molecule has 2 aromatic rings. The van der Waals surface area contributed by atoms with Crippen LogP contribution in [0, 0.1) is 0 Å². The topological polar surface area (TPSA) is 70.2 Å². The second kappa shape index (κ2) is 4.94. The Kier molecular flexibility index (Phi) is 3.33. The number of nitrogens with one attached hydrogen (secondary N) is 1. The van der Waals surface area contributed by atoms with Gasteiger partial charge < -0.3 is 10.1 Å². The highest BCUT2D eigenvalue weighted by atomic mass is 16.4. The summed E-state index contributed by atoms with van der Waals surface area (Å²) in [5, 5.41) is 11.3. The van der Waals surface area contributed by atoms with Crippen molar-refractivity contribution in [2.45, 2.75) is 6.92 Å². The lowest BCUT2D eigenvalue weighted by Crippen LogP contribution is -2.37. The summed E-state index contributed by atoms with van der Waals surface area (Å²) in [7, 11) is 0. The first-order valence-corrected chi connectivity index (χ1v) is 5.77. The quantitative estimate of drug-likeness (QED) is 0.832. The molecule has 4 heteroatoms. The van der Waals surface area contributed by atoms with Crippen LogP contribution in [0.25, 0.3) is 22.4 Å². The zero-order valence-electron chi connectivity index (χ0n) is 10.4. The molecule has 0 radical (unpaired) electrons. The summed E-state index contributed by atoms with van der Waals surface area (Å²) in [6.07, 6.45) is 2.96. The molecule has 0 bridgehead atoms. The Morgan fingerprint density at radius 3 is 2.47 bits per heavy atom. The third-order valence-corrected chi connectivity index (χ3v) is 2.95. The van der Waals surface area contributed by atoms with E-state index in [1.165, 1.54) is 6.08 Å². The van der Waals surface area contributed by atoms with E-state index in [0.29, 0.717) is 21.3 Å². The number of rotatable bonds is 2. The van der Waals surface area contributed by atoms with Crippen molar-refractivity contribution in [1.29, 1.82) is 0 Å². The van der Waals surface area contributed by atoms with E-state index in [-0.39, 0.29) is 11.1 Å². The highest BCUT2D eigenvalue weighted by Gasteiger charge is 2.09. The number of aromatic nitrogens is 1. The molecule has 1 aromatic heterocycles. The number of H-pyrrole nitrogens is 1. The standard InChI is InChI=1S/C15H13NO3/c1-3-9(15(18)19)13-10-7-5-6-8-11(10)14(17)16-12(13)4-2/h3-8H,1H2,2H3,(H,16,17)(H,18,19)/b12-4+,13-9+. The molecule has 0 spiro atoms. The van der Waals surface area contributed by atoms with Crippen molar-refractivity contribution in [1.82, 2.24) is 4.98 Å². The average molecular weight is 255 g/mol. The van der Waals surface area contributed by atoms with Gasteiger partial charge in [0, 0.05) is 16.0 Å². The monoisotopic (exact) mass is 255 g/mol. The molecular weight excluding hydrogens is 242 g/mol. The van der Waals surface area contributed by atoms with Crippen molar-refractivity contribution in [3.05, 3.63) is 57.8 Å². The Labute approximate surface area is 109 Å². The van der Waals surface area contributed by atoms with Gasteiger partial charge in [0.25, 0.3) is 5.56 Å². The molecule has 0 aliphatic carbocycles. The Morgan fingerprint density at radius 1 is 1.32 bits per heavy atom. The number of carboxylic acid groups (broad SMARTS) is 1. The molecule has 0 saturated heterocycles. The van der Waals surface area contributed by atoms with Gasteiger partial charge in [0.05, 0.1) is 5.57 Å². The molecule has 96 valence electrons. The van der Waals surface area contributed by atoms with Gasteiger partial charge in [-0.25, -0.2) is 4.79 Å². The first-order chi connectivity index (χ1) is 9.10. The molecule has 0 amide bonds. The summed E-state index contributed by atoms with van der Waals surface area (Å²) in [5.41, 5.74) is -0.165. The van der Waals surface area contributed by atoms with Crippen LogP contribution in [0.3, 0.4) is 0 Å². The zero-order chi connectivity index (χ0) is 14.0. The van der Waals surface area contributed by atoms with E-state index in [1.54, 1.807) is 37.3 Å². The van der Waals surface area contributed by atoms with E-state index in [9.17, 15) is 14.7 Å². The second-order valence-corrected chi connectivity index (χ2v) is 4.00. The lowest BCUT2D eigenvalue weighted by Gasteiger charge is -2.02. The van der Waals surface area contributed by atoms with Crippen LogP contribution in [0.1, 0.15) is 6.92 Å². The van der Waals surface area contributed by atoms with E-state index in [4.69, 9.17) is 0 Å². The largest absolute Gasteiger partial charge is 0.478 e. The van der Waals surface area contributed by atoms with Crippen molar-refractivity contribution in [2.75, 3.05) is 0 Å². The Bertz CT molecular complexity index is 844. The molecule has 1 heterocycles. The number of carbonyl (C=O) groups is 1. The Balaban J connectivity index is 3.29. The minimum atomic E-state index is -1.07. The number of benzene rings is 1. The molecule has 1 aromatic carbocycles. The maximum atomic E-state index is 11.9. The SMILES string of the molecule is C=C/C(C(=O)O)=c1\c(=C/C)[nH]c(=O)c2ccccc12. The Morgan fingerprint density at radius 2 is 1.95 bits per heavy atom. The smallest absolute Gasteiger partial charge is 0.336 e. The lowest BCUT2D eigenvalue weighted by molar-refractivity contribution is -0.130. The van der Waals surface area contributed by atoms with Gasteiger partial charge in [-0.15, -0.1) is 0 Å². The van der Waals surface area contributed by atoms with Crippen molar-refractivity contribution < 1.29 is 9.90 Å². The van der Waals surface area contributed by atoms with Crippen LogP contribution in [-0.4, -0.2) is 16.1 Å². The number of carboxylic acids is 1. The Hall–Kier alpha value is -2.62. The molecule has 19 heavy (non-hydrogen) atoms. The summed E-state index contributed by atoms with van der Waals surface area (Å²) in [6.45, 7) is 5.28. The van der Waals surface area contributed by atoms with Crippen LogP contribution in [0.4, 0.5) is 0 Å². The maximum Gasteiger partial charge on any atom is 0.336 e. The first kappa shape index (κ1) is 12.8. The predicted octanol–water partition coefficient (Wildman–Crippen LogP) is 0.750. The van der Waals surface area contributed by atoms with Gasteiger partial charge in [-0.2, -0.15) is 0 Å². The number of hydrogen-bond acceptors (Lipinski definition) is 2. The summed E-state index contributed by atoms with van der Waals surface area (Å²) >= 11 is 0. The van der Waals surface area contributed by atoms with E-state index in [2.05, 4.69) is 11.6 Å². The van der Waals surface area contributed by atoms with Gasteiger partial charge in [0.1, 0.15) is 0 Å². The molecular formula is C15H13NO3. The van der Waals surface area contributed by atoms with Crippen molar-refractivity contribution >= 4 is 28.4 Å². The molecule has 2 rings (SSSR count). The minimum absolute atomic E-state index is 0.0700. The van der Waals surface area contributed by atoms with Gasteiger partial charge in [0.2, 0.25) is 0 Å². The van der Waals surface area contributed by atoms with Gasteiger partial charge in [-0.3, -0.25) is 4.79 Å². The van der Waals surface area contributed by atoms with E-state index in [0.717, 1.165) is 0 Å². The summed E-state index contributed by atoms with van der Waals surface area (Å²) < 4.78 is 0. The molecule has 0 aliphatic rings. The van der Waals surface area contributed by atoms with Gasteiger partial charge >= 0.3 is 5.97 Å². The zero-order valence-corrected chi connectivity index (χ0v) is 10.4. The van der Waals surface area contributed by atoms with Crippen molar-refractivity contribution in [3.8, 4) is 0 Å². The van der Waals surface area contributed by atoms with Crippen molar-refractivity contribution in [3.63, 3.8) is 0 Å². The van der Waals surface area contributed by atoms with Crippen LogP contribution >= 0.6 is 0 Å². The maximum absolute atomic E-state index is 11.9. The van der Waals surface area contributed by atoms with Crippen LogP contribution in [0.15, 0.2) is 41.7 Å². The van der Waals surface area contributed by atoms with Gasteiger partial charge in [-0.05, 0) is 18.4 Å². The number of aromatic amines is 1. The highest BCUT2D eigenvalue weighted by molar-refractivity contribution is 6.14. The fourth-order valence-corrected chi connectivity index (χ4v) is 2.10. The molecule has 0 unspecified atom stereocenters. The summed E-state index contributed by atoms with van der Waals surface area (Å²) in [5.74, 6) is -1.07. The van der Waals surface area contributed by atoms with Crippen molar-refractivity contribution in [2.24, 2.45) is 0 Å². The normalized spacial score (nSPS) is 13.4. The van der Waals surface area contributed by atoms with Crippen LogP contribution in [-0.2, 0) is 4.79 Å². The lowest BCUT2D eigenvalue weighted by atomic mass is 10.1. The van der Waals surface area contributed by atoms with E-state index in [1.807, 2.05) is 0 Å². The number of pyridine rings is 1. The number of aliphatic carboxylic acids is 1. The molecule has 0 aliphatic heterocycles. The summed E-state index contributed by atoms with van der Waals surface area (Å²) in [4.78, 5) is 25.9. The van der Waals surface area contributed by atoms with Crippen LogP contribution in [0.5, 0.6) is 0 Å². The molecule has 0 atom stereocenters. The minimum Gasteiger partial charge on any atom is -0.478 e. The highest BCUT2D eigenvalue weighted by Crippen LogP contribution is 2.04. The third-order valence-electron chi connectivity index (χ3n) is 2.95. The number of hydrogen-bond donors (Lipinski definition) is 2. The predicted molar refractivity (Wildman–Crippen MR) is 75.2 cm³/mol. The molecule has 4 nitrogen and oxygen atoms in total. The summed E-state index contributed by atoms with van der Waals surface area (Å²) in [6, 6.07) is 6.91.